The third-order valence-electron chi connectivity index (χ3n) is 1.57. The van der Waals surface area contributed by atoms with Gasteiger partial charge in [0.1, 0.15) is 0 Å². The molecule has 1 N–H and O–H groups in total. The Balaban J connectivity index is 2.13. The summed E-state index contributed by atoms with van der Waals surface area (Å²) in [6.07, 6.45) is 0.392. The predicted octanol–water partition coefficient (Wildman–Crippen LogP) is -0.464. The first-order valence-corrected chi connectivity index (χ1v) is 3.76. The zero-order valence-corrected chi connectivity index (χ0v) is 6.76. The fraction of sp³-hybridized carbons (Fsp3) is 1.00. The molecule has 1 fully saturated rings. The number of morpholine rings is 1. The number of likely N-dealkylation sites (N-methyl/N-ethyl adjacent to an activating group) is 1. The van der Waals surface area contributed by atoms with Gasteiger partial charge in [0.2, 0.25) is 0 Å². The summed E-state index contributed by atoms with van der Waals surface area (Å²) >= 11 is 0. The summed E-state index contributed by atoms with van der Waals surface area (Å²) in [6.45, 7) is 3.88. The maximum absolute atomic E-state index is 5.48. The molecule has 1 rings (SSSR count). The van der Waals surface area contributed by atoms with Crippen LogP contribution in [0.15, 0.2) is 0 Å². The molecule has 0 aromatic carbocycles. The Kier molecular flexibility index (Phi) is 3.12. The number of ether oxygens (including phenoxy) is 1. The summed E-state index contributed by atoms with van der Waals surface area (Å²) in [6, 6.07) is 0. The van der Waals surface area contributed by atoms with Crippen molar-refractivity contribution in [2.75, 3.05) is 40.3 Å². The Labute approximate surface area is 62.3 Å². The molecule has 1 aliphatic heterocycles. The van der Waals surface area contributed by atoms with Crippen LogP contribution in [0.4, 0.5) is 0 Å². The van der Waals surface area contributed by atoms with E-state index >= 15 is 0 Å². The molecular weight excluding hydrogens is 128 g/mol. The summed E-state index contributed by atoms with van der Waals surface area (Å²) in [7, 11) is 4.13. The van der Waals surface area contributed by atoms with E-state index in [4.69, 9.17) is 4.74 Å². The van der Waals surface area contributed by atoms with Crippen molar-refractivity contribution in [2.45, 2.75) is 6.10 Å². The van der Waals surface area contributed by atoms with E-state index in [2.05, 4.69) is 24.3 Å². The van der Waals surface area contributed by atoms with Crippen molar-refractivity contribution >= 4 is 0 Å². The molecular formula is C7H16N2O. The van der Waals surface area contributed by atoms with Crippen molar-refractivity contribution in [3.8, 4) is 0 Å². The van der Waals surface area contributed by atoms with Crippen molar-refractivity contribution < 1.29 is 4.74 Å². The van der Waals surface area contributed by atoms with E-state index in [1.165, 1.54) is 0 Å². The average Bonchev–Trinajstić information content (AvgIpc) is 1.88. The molecule has 1 atom stereocenters. The van der Waals surface area contributed by atoms with E-state index in [0.717, 1.165) is 26.2 Å². The minimum Gasteiger partial charge on any atom is -0.374 e. The fourth-order valence-corrected chi connectivity index (χ4v) is 1.14. The first kappa shape index (κ1) is 7.98. The van der Waals surface area contributed by atoms with Gasteiger partial charge >= 0.3 is 0 Å². The third-order valence-corrected chi connectivity index (χ3v) is 1.57. The lowest BCUT2D eigenvalue weighted by Gasteiger charge is -2.25. The average molecular weight is 144 g/mol. The first-order chi connectivity index (χ1) is 4.79. The van der Waals surface area contributed by atoms with Crippen LogP contribution >= 0.6 is 0 Å². The maximum Gasteiger partial charge on any atom is 0.0826 e. The lowest BCUT2D eigenvalue weighted by Crippen LogP contribution is -2.43. The molecule has 1 heterocycles. The Hall–Kier alpha value is -0.120. The molecule has 3 heteroatoms. The SMILES string of the molecule is CN(C)CC1CNCCO1. The minimum atomic E-state index is 0.392. The summed E-state index contributed by atoms with van der Waals surface area (Å²) < 4.78 is 5.48. The van der Waals surface area contributed by atoms with Crippen molar-refractivity contribution in [1.29, 1.82) is 0 Å². The quantitative estimate of drug-likeness (QED) is 0.567. The normalized spacial score (nSPS) is 27.3. The van der Waals surface area contributed by atoms with Gasteiger partial charge in [-0.05, 0) is 14.1 Å². The minimum absolute atomic E-state index is 0.392. The number of rotatable bonds is 2. The maximum atomic E-state index is 5.48. The topological polar surface area (TPSA) is 24.5 Å². The standard InChI is InChI=1S/C7H16N2O/c1-9(2)6-7-5-8-3-4-10-7/h7-8H,3-6H2,1-2H3. The fourth-order valence-electron chi connectivity index (χ4n) is 1.14. The molecule has 0 aromatic heterocycles. The molecule has 1 aliphatic rings. The van der Waals surface area contributed by atoms with Gasteiger partial charge in [-0.1, -0.05) is 0 Å². The van der Waals surface area contributed by atoms with E-state index < -0.39 is 0 Å². The van der Waals surface area contributed by atoms with E-state index in [1.807, 2.05) is 0 Å². The molecule has 3 nitrogen and oxygen atoms in total. The summed E-state index contributed by atoms with van der Waals surface area (Å²) in [4.78, 5) is 2.15. The van der Waals surface area contributed by atoms with E-state index in [1.54, 1.807) is 0 Å². The lowest BCUT2D eigenvalue weighted by atomic mass is 10.3. The van der Waals surface area contributed by atoms with Crippen LogP contribution in [0.3, 0.4) is 0 Å². The molecule has 0 bridgehead atoms. The van der Waals surface area contributed by atoms with E-state index in [-0.39, 0.29) is 0 Å². The monoisotopic (exact) mass is 144 g/mol. The van der Waals surface area contributed by atoms with Crippen LogP contribution in [-0.4, -0.2) is 51.3 Å². The second-order valence-corrected chi connectivity index (χ2v) is 2.96. The Morgan fingerprint density at radius 3 is 2.90 bits per heavy atom. The molecule has 0 aromatic rings. The molecule has 0 spiro atoms. The van der Waals surface area contributed by atoms with Crippen molar-refractivity contribution in [3.05, 3.63) is 0 Å². The van der Waals surface area contributed by atoms with Crippen LogP contribution in [-0.2, 0) is 4.74 Å². The predicted molar refractivity (Wildman–Crippen MR) is 41.2 cm³/mol. The van der Waals surface area contributed by atoms with Crippen LogP contribution in [0, 0.1) is 0 Å². The summed E-state index contributed by atoms with van der Waals surface area (Å²) in [5.74, 6) is 0. The highest BCUT2D eigenvalue weighted by Crippen LogP contribution is 1.96. The van der Waals surface area contributed by atoms with Gasteiger partial charge in [0.15, 0.2) is 0 Å². The van der Waals surface area contributed by atoms with Crippen molar-refractivity contribution in [1.82, 2.24) is 10.2 Å². The lowest BCUT2D eigenvalue weighted by molar-refractivity contribution is 0.0139. The molecule has 10 heavy (non-hydrogen) atoms. The number of hydrogen-bond acceptors (Lipinski definition) is 3. The highest BCUT2D eigenvalue weighted by Gasteiger charge is 2.12. The van der Waals surface area contributed by atoms with Crippen LogP contribution in [0.5, 0.6) is 0 Å². The van der Waals surface area contributed by atoms with Gasteiger partial charge in [0.05, 0.1) is 12.7 Å². The summed E-state index contributed by atoms with van der Waals surface area (Å²) in [5, 5.41) is 3.29. The van der Waals surface area contributed by atoms with Gasteiger partial charge in [-0.25, -0.2) is 0 Å². The molecule has 60 valence electrons. The van der Waals surface area contributed by atoms with E-state index in [9.17, 15) is 0 Å². The largest absolute Gasteiger partial charge is 0.374 e. The summed E-state index contributed by atoms with van der Waals surface area (Å²) in [5.41, 5.74) is 0. The molecule has 1 saturated heterocycles. The highest BCUT2D eigenvalue weighted by atomic mass is 16.5. The zero-order chi connectivity index (χ0) is 7.40. The van der Waals surface area contributed by atoms with Crippen LogP contribution in [0.25, 0.3) is 0 Å². The molecule has 0 radical (unpaired) electrons. The third kappa shape index (κ3) is 2.64. The smallest absolute Gasteiger partial charge is 0.0826 e. The molecule has 1 unspecified atom stereocenters. The van der Waals surface area contributed by atoms with Gasteiger partial charge in [0, 0.05) is 19.6 Å². The highest BCUT2D eigenvalue weighted by molar-refractivity contribution is 4.68. The second kappa shape index (κ2) is 3.91. The number of hydrogen-bond donors (Lipinski definition) is 1. The second-order valence-electron chi connectivity index (χ2n) is 2.96. The first-order valence-electron chi connectivity index (χ1n) is 3.76. The van der Waals surface area contributed by atoms with E-state index in [0.29, 0.717) is 6.10 Å². The van der Waals surface area contributed by atoms with Crippen molar-refractivity contribution in [2.24, 2.45) is 0 Å². The van der Waals surface area contributed by atoms with Crippen LogP contribution in [0.2, 0.25) is 0 Å². The van der Waals surface area contributed by atoms with Crippen LogP contribution < -0.4 is 5.32 Å². The molecule has 0 amide bonds. The zero-order valence-electron chi connectivity index (χ0n) is 6.76. The van der Waals surface area contributed by atoms with Gasteiger partial charge in [-0.15, -0.1) is 0 Å². The van der Waals surface area contributed by atoms with Gasteiger partial charge < -0.3 is 15.0 Å². The molecule has 0 saturated carbocycles. The Morgan fingerprint density at radius 2 is 2.40 bits per heavy atom. The van der Waals surface area contributed by atoms with Crippen LogP contribution in [0.1, 0.15) is 0 Å². The number of nitrogens with one attached hydrogen (secondary N) is 1. The van der Waals surface area contributed by atoms with Gasteiger partial charge in [0.25, 0.3) is 0 Å². The van der Waals surface area contributed by atoms with Gasteiger partial charge in [-0.3, -0.25) is 0 Å². The Morgan fingerprint density at radius 1 is 1.60 bits per heavy atom. The Bertz CT molecular complexity index is 89.6. The number of nitrogens with zero attached hydrogens (tertiary/aromatic N) is 1. The van der Waals surface area contributed by atoms with Gasteiger partial charge in [-0.2, -0.15) is 0 Å². The molecule has 0 aliphatic carbocycles. The van der Waals surface area contributed by atoms with Crippen molar-refractivity contribution in [3.63, 3.8) is 0 Å².